The van der Waals surface area contributed by atoms with Gasteiger partial charge in [0.25, 0.3) is 5.56 Å². The Hall–Kier alpha value is -2.12. The molecule has 0 atom stereocenters. The van der Waals surface area contributed by atoms with Gasteiger partial charge in [0, 0.05) is 16.3 Å². The van der Waals surface area contributed by atoms with E-state index in [1.165, 1.54) is 16.7 Å². The molecule has 1 aromatic carbocycles. The smallest absolute Gasteiger partial charge is 0.269 e. The second kappa shape index (κ2) is 5.48. The van der Waals surface area contributed by atoms with Crippen molar-refractivity contribution < 1.29 is 4.39 Å². The molecule has 0 amide bonds. The van der Waals surface area contributed by atoms with E-state index < -0.39 is 11.4 Å². The summed E-state index contributed by atoms with van der Waals surface area (Å²) in [7, 11) is 0. The zero-order valence-corrected chi connectivity index (χ0v) is 11.8. The van der Waals surface area contributed by atoms with Crippen LogP contribution in [0.4, 0.5) is 4.39 Å². The lowest BCUT2D eigenvalue weighted by molar-refractivity contribution is 0.593. The first-order valence-electron chi connectivity index (χ1n) is 5.99. The van der Waals surface area contributed by atoms with Crippen molar-refractivity contribution in [3.8, 4) is 6.07 Å². The molecule has 0 bridgehead atoms. The molecule has 0 fully saturated rings. The number of halogens is 2. The molecule has 0 spiro atoms. The van der Waals surface area contributed by atoms with Crippen LogP contribution < -0.4 is 5.56 Å². The predicted octanol–water partition coefficient (Wildman–Crippen LogP) is 3.18. The Balaban J connectivity index is 2.61. The summed E-state index contributed by atoms with van der Waals surface area (Å²) in [5.74, 6) is -0.470. The minimum absolute atomic E-state index is 0.00509. The molecule has 0 radical (unpaired) electrons. The molecule has 2 aromatic rings. The van der Waals surface area contributed by atoms with Crippen LogP contribution >= 0.6 is 11.6 Å². The van der Waals surface area contributed by atoms with Crippen LogP contribution in [-0.2, 0) is 6.54 Å². The van der Waals surface area contributed by atoms with Crippen LogP contribution in [0.25, 0.3) is 0 Å². The van der Waals surface area contributed by atoms with Crippen molar-refractivity contribution in [1.82, 2.24) is 4.57 Å². The van der Waals surface area contributed by atoms with Crippen LogP contribution in [-0.4, -0.2) is 4.57 Å². The van der Waals surface area contributed by atoms with E-state index in [-0.39, 0.29) is 22.7 Å². The molecule has 20 heavy (non-hydrogen) atoms. The molecule has 3 nitrogen and oxygen atoms in total. The number of aryl methyl sites for hydroxylation is 2. The quantitative estimate of drug-likeness (QED) is 0.853. The van der Waals surface area contributed by atoms with Crippen LogP contribution in [0.5, 0.6) is 0 Å². The maximum atomic E-state index is 13.8. The number of nitrogens with zero attached hydrogens (tertiary/aromatic N) is 2. The molecule has 0 aliphatic carbocycles. The molecule has 0 aliphatic heterocycles. The topological polar surface area (TPSA) is 45.8 Å². The average Bonchev–Trinajstić information content (AvgIpc) is 2.37. The number of aromatic nitrogens is 1. The summed E-state index contributed by atoms with van der Waals surface area (Å²) in [6, 6.07) is 7.99. The fourth-order valence-electron chi connectivity index (χ4n) is 2.10. The SMILES string of the molecule is Cc1cc(C)n(Cc2c(F)cccc2Cl)c(=O)c1C#N. The van der Waals surface area contributed by atoms with Crippen molar-refractivity contribution in [3.05, 3.63) is 67.8 Å². The van der Waals surface area contributed by atoms with E-state index in [0.717, 1.165) is 0 Å². The summed E-state index contributed by atoms with van der Waals surface area (Å²) < 4.78 is 15.2. The second-order valence-corrected chi connectivity index (χ2v) is 4.95. The molecular weight excluding hydrogens is 279 g/mol. The Morgan fingerprint density at radius 3 is 2.70 bits per heavy atom. The molecule has 0 saturated carbocycles. The minimum Gasteiger partial charge on any atom is -0.307 e. The largest absolute Gasteiger partial charge is 0.307 e. The Labute approximate surface area is 120 Å². The first kappa shape index (κ1) is 14.3. The Kier molecular flexibility index (Phi) is 3.91. The van der Waals surface area contributed by atoms with Gasteiger partial charge < -0.3 is 4.57 Å². The van der Waals surface area contributed by atoms with E-state index in [0.29, 0.717) is 11.3 Å². The number of pyridine rings is 1. The van der Waals surface area contributed by atoms with E-state index in [1.807, 2.05) is 6.07 Å². The van der Waals surface area contributed by atoms with Crippen LogP contribution in [0.15, 0.2) is 29.1 Å². The number of hydrogen-bond donors (Lipinski definition) is 0. The predicted molar refractivity (Wildman–Crippen MR) is 75.4 cm³/mol. The highest BCUT2D eigenvalue weighted by molar-refractivity contribution is 6.31. The molecule has 1 heterocycles. The molecule has 1 aromatic heterocycles. The summed E-state index contributed by atoms with van der Waals surface area (Å²) in [6.07, 6.45) is 0. The van der Waals surface area contributed by atoms with Crippen LogP contribution in [0.3, 0.4) is 0 Å². The third kappa shape index (κ3) is 2.45. The molecule has 5 heteroatoms. The van der Waals surface area contributed by atoms with Gasteiger partial charge in [0.2, 0.25) is 0 Å². The van der Waals surface area contributed by atoms with Crippen LogP contribution in [0.2, 0.25) is 5.02 Å². The molecule has 0 saturated heterocycles. The van der Waals surface area contributed by atoms with Gasteiger partial charge in [-0.15, -0.1) is 0 Å². The zero-order valence-electron chi connectivity index (χ0n) is 11.1. The van der Waals surface area contributed by atoms with Gasteiger partial charge in [-0.25, -0.2) is 4.39 Å². The van der Waals surface area contributed by atoms with Crippen molar-refractivity contribution in [2.24, 2.45) is 0 Å². The number of rotatable bonds is 2. The lowest BCUT2D eigenvalue weighted by Crippen LogP contribution is -2.26. The fraction of sp³-hybridized carbons (Fsp3) is 0.200. The monoisotopic (exact) mass is 290 g/mol. The second-order valence-electron chi connectivity index (χ2n) is 4.55. The first-order valence-corrected chi connectivity index (χ1v) is 6.37. The lowest BCUT2D eigenvalue weighted by atomic mass is 10.1. The Bertz CT molecular complexity index is 754. The maximum absolute atomic E-state index is 13.8. The zero-order chi connectivity index (χ0) is 14.9. The summed E-state index contributed by atoms with van der Waals surface area (Å²) in [6.45, 7) is 3.45. The van der Waals surface area contributed by atoms with Crippen LogP contribution in [0.1, 0.15) is 22.4 Å². The van der Waals surface area contributed by atoms with Crippen molar-refractivity contribution in [2.75, 3.05) is 0 Å². The highest BCUT2D eigenvalue weighted by Gasteiger charge is 2.13. The highest BCUT2D eigenvalue weighted by Crippen LogP contribution is 2.20. The van der Waals surface area contributed by atoms with Gasteiger partial charge in [-0.3, -0.25) is 4.79 Å². The number of benzene rings is 1. The van der Waals surface area contributed by atoms with Crippen molar-refractivity contribution in [2.45, 2.75) is 20.4 Å². The standard InChI is InChI=1S/C15H12ClFN2O/c1-9-6-10(2)19(15(20)11(9)7-18)8-12-13(16)4-3-5-14(12)17/h3-6H,8H2,1-2H3. The number of hydrogen-bond acceptors (Lipinski definition) is 2. The van der Waals surface area contributed by atoms with Crippen molar-refractivity contribution in [3.63, 3.8) is 0 Å². The van der Waals surface area contributed by atoms with E-state index >= 15 is 0 Å². The Morgan fingerprint density at radius 1 is 1.40 bits per heavy atom. The van der Waals surface area contributed by atoms with Gasteiger partial charge in [-0.05, 0) is 37.6 Å². The molecule has 0 N–H and O–H groups in total. The van der Waals surface area contributed by atoms with Crippen LogP contribution in [0, 0.1) is 31.0 Å². The fourth-order valence-corrected chi connectivity index (χ4v) is 2.32. The molecule has 0 aliphatic rings. The third-order valence-electron chi connectivity index (χ3n) is 3.19. The molecule has 0 unspecified atom stereocenters. The van der Waals surface area contributed by atoms with E-state index in [4.69, 9.17) is 16.9 Å². The van der Waals surface area contributed by atoms with E-state index in [9.17, 15) is 9.18 Å². The van der Waals surface area contributed by atoms with Gasteiger partial charge in [0.05, 0.1) is 6.54 Å². The molecular formula is C15H12ClFN2O. The van der Waals surface area contributed by atoms with Crippen molar-refractivity contribution >= 4 is 11.6 Å². The van der Waals surface area contributed by atoms with Crippen molar-refractivity contribution in [1.29, 1.82) is 5.26 Å². The van der Waals surface area contributed by atoms with Gasteiger partial charge in [0.1, 0.15) is 17.4 Å². The minimum atomic E-state index is -0.470. The number of nitriles is 1. The summed E-state index contributed by atoms with van der Waals surface area (Å²) in [5, 5.41) is 9.29. The molecule has 2 rings (SSSR count). The molecule has 102 valence electrons. The first-order chi connectivity index (χ1) is 9.45. The average molecular weight is 291 g/mol. The highest BCUT2D eigenvalue weighted by atomic mass is 35.5. The lowest BCUT2D eigenvalue weighted by Gasteiger charge is -2.13. The third-order valence-corrected chi connectivity index (χ3v) is 3.55. The van der Waals surface area contributed by atoms with E-state index in [2.05, 4.69) is 0 Å². The maximum Gasteiger partial charge on any atom is 0.269 e. The van der Waals surface area contributed by atoms with Gasteiger partial charge in [-0.1, -0.05) is 17.7 Å². The van der Waals surface area contributed by atoms with Gasteiger partial charge >= 0.3 is 0 Å². The summed E-state index contributed by atoms with van der Waals surface area (Å²) in [4.78, 5) is 12.2. The van der Waals surface area contributed by atoms with E-state index in [1.54, 1.807) is 26.0 Å². The summed E-state index contributed by atoms with van der Waals surface area (Å²) >= 11 is 5.97. The normalized spacial score (nSPS) is 10.3. The summed E-state index contributed by atoms with van der Waals surface area (Å²) in [5.41, 5.74) is 1.16. The van der Waals surface area contributed by atoms with Gasteiger partial charge in [0.15, 0.2) is 0 Å². The Morgan fingerprint density at radius 2 is 2.10 bits per heavy atom. The van der Waals surface area contributed by atoms with Gasteiger partial charge in [-0.2, -0.15) is 5.26 Å².